The molecule has 0 bridgehead atoms. The number of imidazole rings is 1. The number of halogens is 1. The highest BCUT2D eigenvalue weighted by atomic mass is 35.5. The Morgan fingerprint density at radius 3 is 3.13 bits per heavy atom. The van der Waals surface area contributed by atoms with E-state index in [-0.39, 0.29) is 11.9 Å². The molecular formula is C16H14ClN3OS2. The first-order valence-corrected chi connectivity index (χ1v) is 9.51. The summed E-state index contributed by atoms with van der Waals surface area (Å²) < 4.78 is 1.90. The first-order valence-electron chi connectivity index (χ1n) is 7.37. The van der Waals surface area contributed by atoms with Gasteiger partial charge < -0.3 is 4.90 Å². The summed E-state index contributed by atoms with van der Waals surface area (Å²) in [6.07, 6.45) is 7.36. The van der Waals surface area contributed by atoms with Crippen LogP contribution in [0, 0.1) is 0 Å². The average Bonchev–Trinajstić information content (AvgIpc) is 3.29. The summed E-state index contributed by atoms with van der Waals surface area (Å²) in [6.45, 7) is 0.805. The Hall–Kier alpha value is -1.63. The maximum Gasteiger partial charge on any atom is 0.247 e. The molecule has 4 rings (SSSR count). The van der Waals surface area contributed by atoms with E-state index in [0.717, 1.165) is 30.0 Å². The van der Waals surface area contributed by atoms with Crippen molar-refractivity contribution in [3.63, 3.8) is 0 Å². The molecule has 0 spiro atoms. The number of carbonyl (C=O) groups excluding carboxylic acids is 1. The SMILES string of the molecule is O=C(/C=C/c1c(Cl)nc2sccn12)N1CCCC1c1cccs1. The summed E-state index contributed by atoms with van der Waals surface area (Å²) in [5.74, 6) is 0.0298. The van der Waals surface area contributed by atoms with E-state index in [4.69, 9.17) is 11.6 Å². The highest BCUT2D eigenvalue weighted by Crippen LogP contribution is 2.34. The largest absolute Gasteiger partial charge is 0.331 e. The van der Waals surface area contributed by atoms with Crippen LogP contribution in [0.1, 0.15) is 29.5 Å². The fourth-order valence-electron chi connectivity index (χ4n) is 2.98. The van der Waals surface area contributed by atoms with E-state index in [1.54, 1.807) is 23.5 Å². The first kappa shape index (κ1) is 14.9. The highest BCUT2D eigenvalue weighted by molar-refractivity contribution is 7.15. The number of hydrogen-bond donors (Lipinski definition) is 0. The van der Waals surface area contributed by atoms with E-state index in [1.165, 1.54) is 16.2 Å². The van der Waals surface area contributed by atoms with Gasteiger partial charge in [-0.25, -0.2) is 4.98 Å². The number of nitrogens with zero attached hydrogens (tertiary/aromatic N) is 3. The van der Waals surface area contributed by atoms with Gasteiger partial charge in [-0.1, -0.05) is 17.7 Å². The molecule has 7 heteroatoms. The second-order valence-corrected chi connectivity index (χ2v) is 7.59. The summed E-state index contributed by atoms with van der Waals surface area (Å²) in [6, 6.07) is 4.35. The van der Waals surface area contributed by atoms with E-state index in [9.17, 15) is 4.79 Å². The maximum atomic E-state index is 12.6. The second kappa shape index (κ2) is 6.11. The van der Waals surface area contributed by atoms with Crippen molar-refractivity contribution in [3.05, 3.63) is 50.9 Å². The molecule has 0 N–H and O–H groups in total. The fourth-order valence-corrected chi connectivity index (χ4v) is 4.86. The molecule has 0 radical (unpaired) electrons. The van der Waals surface area contributed by atoms with Crippen LogP contribution in [0.5, 0.6) is 0 Å². The zero-order valence-corrected chi connectivity index (χ0v) is 14.6. The Bertz CT molecular complexity index is 865. The van der Waals surface area contributed by atoms with Crippen LogP contribution in [0.3, 0.4) is 0 Å². The Morgan fingerprint density at radius 1 is 1.39 bits per heavy atom. The van der Waals surface area contributed by atoms with Crippen molar-refractivity contribution in [2.75, 3.05) is 6.54 Å². The van der Waals surface area contributed by atoms with Crippen LogP contribution in [0.15, 0.2) is 35.2 Å². The first-order chi connectivity index (χ1) is 11.2. The van der Waals surface area contributed by atoms with Crippen LogP contribution in [-0.2, 0) is 4.79 Å². The van der Waals surface area contributed by atoms with Gasteiger partial charge in [0.15, 0.2) is 10.1 Å². The van der Waals surface area contributed by atoms with Gasteiger partial charge in [0, 0.05) is 29.1 Å². The molecule has 23 heavy (non-hydrogen) atoms. The molecular weight excluding hydrogens is 350 g/mol. The molecule has 4 nitrogen and oxygen atoms in total. The predicted octanol–water partition coefficient (Wildman–Crippen LogP) is 4.49. The Kier molecular flexibility index (Phi) is 3.97. The molecule has 1 atom stereocenters. The lowest BCUT2D eigenvalue weighted by molar-refractivity contribution is -0.126. The van der Waals surface area contributed by atoms with Crippen molar-refractivity contribution < 1.29 is 4.79 Å². The van der Waals surface area contributed by atoms with Crippen LogP contribution in [0.2, 0.25) is 5.15 Å². The quantitative estimate of drug-likeness (QED) is 0.643. The number of fused-ring (bicyclic) bond motifs is 1. The van der Waals surface area contributed by atoms with E-state index in [1.807, 2.05) is 26.9 Å². The molecule has 1 amide bonds. The third-order valence-electron chi connectivity index (χ3n) is 4.05. The summed E-state index contributed by atoms with van der Waals surface area (Å²) in [5, 5.41) is 4.44. The maximum absolute atomic E-state index is 12.6. The normalized spacial score (nSPS) is 18.5. The van der Waals surface area contributed by atoms with Gasteiger partial charge in [0.25, 0.3) is 0 Å². The van der Waals surface area contributed by atoms with Crippen molar-refractivity contribution >= 4 is 51.2 Å². The monoisotopic (exact) mass is 363 g/mol. The molecule has 3 aromatic rings. The topological polar surface area (TPSA) is 37.6 Å². The Balaban J connectivity index is 1.57. The molecule has 1 fully saturated rings. The van der Waals surface area contributed by atoms with Gasteiger partial charge in [0.2, 0.25) is 5.91 Å². The summed E-state index contributed by atoms with van der Waals surface area (Å²) in [4.78, 5) is 20.9. The third-order valence-corrected chi connectivity index (χ3v) is 6.05. The molecule has 118 valence electrons. The van der Waals surface area contributed by atoms with E-state index in [2.05, 4.69) is 16.4 Å². The van der Waals surface area contributed by atoms with E-state index < -0.39 is 0 Å². The van der Waals surface area contributed by atoms with Gasteiger partial charge in [-0.3, -0.25) is 9.20 Å². The summed E-state index contributed by atoms with van der Waals surface area (Å²) in [5.41, 5.74) is 0.753. The third kappa shape index (κ3) is 2.71. The van der Waals surface area contributed by atoms with Gasteiger partial charge >= 0.3 is 0 Å². The lowest BCUT2D eigenvalue weighted by Crippen LogP contribution is -2.28. The van der Waals surface area contributed by atoms with Gasteiger partial charge in [-0.2, -0.15) is 0 Å². The number of thiophene rings is 1. The van der Waals surface area contributed by atoms with Crippen LogP contribution >= 0.6 is 34.3 Å². The van der Waals surface area contributed by atoms with Crippen molar-refractivity contribution in [1.29, 1.82) is 0 Å². The zero-order chi connectivity index (χ0) is 15.8. The molecule has 1 saturated heterocycles. The molecule has 3 aromatic heterocycles. The van der Waals surface area contributed by atoms with Gasteiger partial charge in [0.05, 0.1) is 11.7 Å². The highest BCUT2D eigenvalue weighted by Gasteiger charge is 2.29. The molecule has 0 aliphatic carbocycles. The number of thiazole rings is 1. The molecule has 4 heterocycles. The van der Waals surface area contributed by atoms with Crippen LogP contribution < -0.4 is 0 Å². The van der Waals surface area contributed by atoms with Crippen LogP contribution in [0.4, 0.5) is 0 Å². The van der Waals surface area contributed by atoms with Crippen molar-refractivity contribution in [1.82, 2.24) is 14.3 Å². The van der Waals surface area contributed by atoms with Crippen LogP contribution in [-0.4, -0.2) is 26.7 Å². The van der Waals surface area contributed by atoms with Crippen molar-refractivity contribution in [2.24, 2.45) is 0 Å². The molecule has 1 aliphatic rings. The number of hydrogen-bond acceptors (Lipinski definition) is 4. The molecule has 0 aromatic carbocycles. The minimum absolute atomic E-state index is 0.0298. The number of rotatable bonds is 3. The Labute approximate surface area is 146 Å². The second-order valence-electron chi connectivity index (χ2n) is 5.38. The average molecular weight is 364 g/mol. The zero-order valence-electron chi connectivity index (χ0n) is 12.2. The van der Waals surface area contributed by atoms with E-state index in [0.29, 0.717) is 5.15 Å². The van der Waals surface area contributed by atoms with Gasteiger partial charge in [-0.15, -0.1) is 22.7 Å². The lowest BCUT2D eigenvalue weighted by Gasteiger charge is -2.22. The Morgan fingerprint density at radius 2 is 2.30 bits per heavy atom. The molecule has 0 saturated carbocycles. The minimum atomic E-state index is 0.0298. The number of aromatic nitrogens is 2. The summed E-state index contributed by atoms with van der Waals surface area (Å²) >= 11 is 9.39. The lowest BCUT2D eigenvalue weighted by atomic mass is 10.2. The molecule has 1 unspecified atom stereocenters. The standard InChI is InChI=1S/C16H14ClN3OS2/c17-15-12(20-8-10-23-16(20)18-15)5-6-14(21)19-7-1-3-11(19)13-4-2-9-22-13/h2,4-6,8-11H,1,3,7H2/b6-5+. The predicted molar refractivity (Wildman–Crippen MR) is 95.1 cm³/mol. The fraction of sp³-hybridized carbons (Fsp3) is 0.250. The van der Waals surface area contributed by atoms with Crippen molar-refractivity contribution in [3.8, 4) is 0 Å². The number of likely N-dealkylation sites (tertiary alicyclic amines) is 1. The smallest absolute Gasteiger partial charge is 0.247 e. The van der Waals surface area contributed by atoms with Crippen LogP contribution in [0.25, 0.3) is 11.0 Å². The molecule has 1 aliphatic heterocycles. The van der Waals surface area contributed by atoms with Gasteiger partial charge in [0.1, 0.15) is 0 Å². The van der Waals surface area contributed by atoms with Gasteiger partial charge in [-0.05, 0) is 30.4 Å². The number of amides is 1. The van der Waals surface area contributed by atoms with E-state index >= 15 is 0 Å². The minimum Gasteiger partial charge on any atom is -0.331 e. The van der Waals surface area contributed by atoms with Crippen molar-refractivity contribution in [2.45, 2.75) is 18.9 Å². The summed E-state index contributed by atoms with van der Waals surface area (Å²) in [7, 11) is 0. The number of carbonyl (C=O) groups is 1.